The molecule has 2 aromatic heterocycles. The molecule has 12 nitrogen and oxygen atoms in total. The number of halogens is 1. The van der Waals surface area contributed by atoms with Crippen molar-refractivity contribution in [2.24, 2.45) is 0 Å². The molecule has 0 saturated heterocycles. The minimum Gasteiger partial charge on any atom is -0.458 e. The van der Waals surface area contributed by atoms with Crippen LogP contribution in [0, 0.1) is 0 Å². The summed E-state index contributed by atoms with van der Waals surface area (Å²) in [6.07, 6.45) is 0.424. The summed E-state index contributed by atoms with van der Waals surface area (Å²) < 4.78 is 12.4. The molecule has 0 aliphatic carbocycles. The molecule has 2 aromatic rings. The van der Waals surface area contributed by atoms with Gasteiger partial charge >= 0.3 is 11.9 Å². The van der Waals surface area contributed by atoms with Gasteiger partial charge in [0.25, 0.3) is 11.1 Å². The van der Waals surface area contributed by atoms with Crippen LogP contribution in [0.4, 0.5) is 0 Å². The number of cyclic esters (lactones) is 2. The molecule has 206 valence electrons. The lowest BCUT2D eigenvalue weighted by atomic mass is 9.86. The molecule has 0 fully saturated rings. The second-order valence-corrected chi connectivity index (χ2v) is 10.3. The summed E-state index contributed by atoms with van der Waals surface area (Å²) >= 11 is 5.87. The van der Waals surface area contributed by atoms with Crippen molar-refractivity contribution in [3.05, 3.63) is 66.5 Å². The van der Waals surface area contributed by atoms with E-state index in [-0.39, 0.29) is 89.8 Å². The number of aliphatic hydroxyl groups is 2. The van der Waals surface area contributed by atoms with E-state index in [1.165, 1.54) is 21.3 Å². The number of ketones is 2. The largest absolute Gasteiger partial charge is 0.458 e. The molecule has 2 N–H and O–H groups in total. The van der Waals surface area contributed by atoms with Crippen LogP contribution in [0.25, 0.3) is 0 Å². The third-order valence-electron chi connectivity index (χ3n) is 7.81. The molecule has 3 atom stereocenters. The molecule has 6 heterocycles. The van der Waals surface area contributed by atoms with Crippen LogP contribution in [-0.2, 0) is 56.6 Å². The second-order valence-electron chi connectivity index (χ2n) is 9.80. The summed E-state index contributed by atoms with van der Waals surface area (Å²) in [5.41, 5.74) is -3.24. The van der Waals surface area contributed by atoms with Gasteiger partial charge < -0.3 is 28.8 Å². The van der Waals surface area contributed by atoms with Gasteiger partial charge in [-0.2, -0.15) is 0 Å². The van der Waals surface area contributed by atoms with Gasteiger partial charge in [-0.05, 0) is 25.0 Å². The first-order valence-corrected chi connectivity index (χ1v) is 12.9. The fourth-order valence-corrected chi connectivity index (χ4v) is 5.63. The Balaban J connectivity index is 0.000000158. The van der Waals surface area contributed by atoms with Crippen molar-refractivity contribution in [1.29, 1.82) is 0 Å². The Morgan fingerprint density at radius 3 is 1.85 bits per heavy atom. The summed E-state index contributed by atoms with van der Waals surface area (Å²) in [5.74, 6) is -2.08. The Kier molecular flexibility index (Phi) is 6.40. The van der Waals surface area contributed by atoms with Gasteiger partial charge in [0.1, 0.15) is 18.6 Å². The maximum absolute atomic E-state index is 12.4. The molecule has 6 rings (SSSR count). The van der Waals surface area contributed by atoms with Crippen LogP contribution in [-0.4, -0.2) is 48.2 Å². The summed E-state index contributed by atoms with van der Waals surface area (Å²) in [6, 6.07) is 2.86. The molecule has 4 aliphatic heterocycles. The van der Waals surface area contributed by atoms with Crippen molar-refractivity contribution in [3.8, 4) is 0 Å². The van der Waals surface area contributed by atoms with Crippen molar-refractivity contribution in [2.75, 3.05) is 0 Å². The van der Waals surface area contributed by atoms with Crippen LogP contribution >= 0.6 is 11.6 Å². The monoisotopic (exact) mass is 560 g/mol. The molecule has 0 amide bonds. The summed E-state index contributed by atoms with van der Waals surface area (Å²) in [4.78, 5) is 71.8. The van der Waals surface area contributed by atoms with Crippen LogP contribution in [0.3, 0.4) is 0 Å². The van der Waals surface area contributed by atoms with E-state index >= 15 is 0 Å². The van der Waals surface area contributed by atoms with Crippen molar-refractivity contribution < 1.29 is 38.9 Å². The van der Waals surface area contributed by atoms with E-state index in [1.807, 2.05) is 0 Å². The van der Waals surface area contributed by atoms with Crippen molar-refractivity contribution >= 4 is 35.1 Å². The van der Waals surface area contributed by atoms with Gasteiger partial charge in [0, 0.05) is 24.1 Å². The van der Waals surface area contributed by atoms with Crippen molar-refractivity contribution in [3.63, 3.8) is 0 Å². The zero-order chi connectivity index (χ0) is 28.4. The molecule has 0 spiro atoms. The number of carbonyl (C=O) groups is 4. The molecule has 0 radical (unpaired) electrons. The number of nitrogens with zero attached hydrogens (tertiary/aromatic N) is 2. The number of carbonyl (C=O) groups excluding carboxylic acids is 4. The molecular formula is C26H25ClN2O10. The van der Waals surface area contributed by atoms with E-state index in [0.717, 1.165) is 0 Å². The quantitative estimate of drug-likeness (QED) is 0.387. The van der Waals surface area contributed by atoms with Crippen molar-refractivity contribution in [1.82, 2.24) is 9.13 Å². The number of fused-ring (bicyclic) bond motifs is 4. The van der Waals surface area contributed by atoms with Gasteiger partial charge in [-0.25, -0.2) is 9.59 Å². The molecule has 0 aromatic carbocycles. The van der Waals surface area contributed by atoms with Gasteiger partial charge in [-0.3, -0.25) is 19.2 Å². The smallest absolute Gasteiger partial charge is 0.343 e. The van der Waals surface area contributed by atoms with E-state index in [2.05, 4.69) is 0 Å². The van der Waals surface area contributed by atoms with Crippen LogP contribution in [0.2, 0.25) is 0 Å². The highest BCUT2D eigenvalue weighted by Crippen LogP contribution is 2.35. The number of aromatic nitrogens is 2. The Labute approximate surface area is 225 Å². The van der Waals surface area contributed by atoms with Gasteiger partial charge in [0.15, 0.2) is 22.8 Å². The zero-order valence-corrected chi connectivity index (χ0v) is 21.9. The molecule has 13 heteroatoms. The van der Waals surface area contributed by atoms with E-state index in [4.69, 9.17) is 21.1 Å². The highest BCUT2D eigenvalue weighted by Gasteiger charge is 2.47. The number of ether oxygens (including phenoxy) is 2. The average molecular weight is 561 g/mol. The van der Waals surface area contributed by atoms with Gasteiger partial charge in [0.2, 0.25) is 0 Å². The molecule has 39 heavy (non-hydrogen) atoms. The number of hydrogen-bond donors (Lipinski definition) is 2. The van der Waals surface area contributed by atoms with Crippen LogP contribution < -0.4 is 11.1 Å². The lowest BCUT2D eigenvalue weighted by Crippen LogP contribution is -2.44. The third kappa shape index (κ3) is 3.80. The minimum absolute atomic E-state index is 0.0558. The normalized spacial score (nSPS) is 26.5. The Morgan fingerprint density at radius 2 is 1.33 bits per heavy atom. The molecule has 0 bridgehead atoms. The third-order valence-corrected chi connectivity index (χ3v) is 8.15. The zero-order valence-electron chi connectivity index (χ0n) is 21.1. The highest BCUT2D eigenvalue weighted by atomic mass is 35.5. The lowest BCUT2D eigenvalue weighted by molar-refractivity contribution is -0.172. The van der Waals surface area contributed by atoms with Crippen LogP contribution in [0.1, 0.15) is 76.3 Å². The summed E-state index contributed by atoms with van der Waals surface area (Å²) in [7, 11) is 0. The van der Waals surface area contributed by atoms with Gasteiger partial charge in [-0.1, -0.05) is 13.8 Å². The Morgan fingerprint density at radius 1 is 0.846 bits per heavy atom. The van der Waals surface area contributed by atoms with Gasteiger partial charge in [-0.15, -0.1) is 11.6 Å². The fourth-order valence-electron chi connectivity index (χ4n) is 5.38. The molecular weight excluding hydrogens is 536 g/mol. The molecule has 0 saturated carbocycles. The average Bonchev–Trinajstić information content (AvgIpc) is 3.44. The topological polar surface area (TPSA) is 171 Å². The maximum Gasteiger partial charge on any atom is 0.343 e. The van der Waals surface area contributed by atoms with Crippen molar-refractivity contribution in [2.45, 2.75) is 76.0 Å². The van der Waals surface area contributed by atoms with E-state index in [0.29, 0.717) is 6.54 Å². The highest BCUT2D eigenvalue weighted by molar-refractivity contribution is 6.34. The number of rotatable bonds is 2. The fraction of sp³-hybridized carbons (Fsp3) is 0.462. The number of hydrogen-bond acceptors (Lipinski definition) is 10. The number of pyridine rings is 2. The second kappa shape index (κ2) is 9.25. The Bertz CT molecular complexity index is 1590. The predicted molar refractivity (Wildman–Crippen MR) is 132 cm³/mol. The van der Waals surface area contributed by atoms with E-state index in [9.17, 15) is 39.0 Å². The maximum atomic E-state index is 12.4. The number of alkyl halides is 1. The molecule has 4 aliphatic rings. The predicted octanol–water partition coefficient (Wildman–Crippen LogP) is 0.396. The standard InChI is InChI=1S/C13H12ClNO5.C13H13NO5/c1-2-13(19)7-3-9-10(16)8(14)4-15(9)11(17)6(7)5-20-12(13)18;1-2-13(18)8-5-9-10(15)3-4-14(9)11(16)7(8)6-19-12(13)17/h3,8,19H,2,4-5H2,1H3;5,18H,2-4,6H2,1H3/t8?,13-;13-/m00/s1. The van der Waals surface area contributed by atoms with Crippen LogP contribution in [0.5, 0.6) is 0 Å². The number of Topliss-reactive ketones (excluding diaryl/α,β-unsaturated/α-hetero) is 2. The van der Waals surface area contributed by atoms with Crippen LogP contribution in [0.15, 0.2) is 21.7 Å². The SMILES string of the molecule is CC[C@@]1(O)C(=O)OCc2c1cc1n(c2=O)CC(Cl)C1=O.CC[C@@]1(O)C(=O)OCc2c1cc1n(c2=O)CCC1=O. The lowest BCUT2D eigenvalue weighted by Gasteiger charge is -2.31. The first-order valence-electron chi connectivity index (χ1n) is 12.4. The van der Waals surface area contributed by atoms with Gasteiger partial charge in [0.05, 0.1) is 29.1 Å². The number of esters is 2. The first-order chi connectivity index (χ1) is 18.4. The molecule has 1 unspecified atom stereocenters. The minimum atomic E-state index is -1.88. The van der Waals surface area contributed by atoms with E-state index in [1.54, 1.807) is 13.8 Å². The summed E-state index contributed by atoms with van der Waals surface area (Å²) in [5, 5.41) is 20.1. The van der Waals surface area contributed by atoms with E-state index < -0.39 is 34.1 Å². The Hall–Kier alpha value is -3.61. The first kappa shape index (κ1) is 27.0. The summed E-state index contributed by atoms with van der Waals surface area (Å²) in [6.45, 7) is 3.33.